The van der Waals surface area contributed by atoms with Crippen LogP contribution in [0.5, 0.6) is 0 Å². The Morgan fingerprint density at radius 2 is 2.08 bits per heavy atom. The van der Waals surface area contributed by atoms with E-state index in [-0.39, 0.29) is 5.91 Å². The van der Waals surface area contributed by atoms with E-state index in [0.29, 0.717) is 11.7 Å². The van der Waals surface area contributed by atoms with Crippen molar-refractivity contribution in [2.75, 3.05) is 16.8 Å². The van der Waals surface area contributed by atoms with Crippen LogP contribution in [0.25, 0.3) is 0 Å². The SMILES string of the molecule is CCc1cccc(C)c1NC(=O)c1cnc(N2CCCCC2CC)cn1. The standard InChI is InChI=1S/C21H28N4O/c1-4-16-10-8-9-15(3)20(16)24-21(26)18-13-23-19(14-22-18)25-12-7-6-11-17(25)5-2/h8-10,13-14,17H,4-7,11-12H2,1-3H3,(H,24,26). The van der Waals surface area contributed by atoms with E-state index >= 15 is 0 Å². The minimum absolute atomic E-state index is 0.210. The lowest BCUT2D eigenvalue weighted by Crippen LogP contribution is -2.39. The van der Waals surface area contributed by atoms with Gasteiger partial charge in [-0.1, -0.05) is 32.0 Å². The Hall–Kier alpha value is -2.43. The van der Waals surface area contributed by atoms with Crippen molar-refractivity contribution in [3.05, 3.63) is 47.4 Å². The summed E-state index contributed by atoms with van der Waals surface area (Å²) in [5, 5.41) is 3.01. The maximum Gasteiger partial charge on any atom is 0.275 e. The lowest BCUT2D eigenvalue weighted by molar-refractivity contribution is 0.102. The molecule has 1 atom stereocenters. The van der Waals surface area contributed by atoms with Gasteiger partial charge in [-0.2, -0.15) is 0 Å². The second-order valence-corrected chi connectivity index (χ2v) is 6.93. The fourth-order valence-corrected chi connectivity index (χ4v) is 3.69. The number of carbonyl (C=O) groups excluding carboxylic acids is 1. The molecule has 0 saturated carbocycles. The molecular formula is C21H28N4O. The first kappa shape index (κ1) is 18.4. The molecule has 1 N–H and O–H groups in total. The Labute approximate surface area is 155 Å². The second kappa shape index (κ2) is 8.30. The van der Waals surface area contributed by atoms with Crippen molar-refractivity contribution >= 4 is 17.4 Å². The highest BCUT2D eigenvalue weighted by molar-refractivity contribution is 6.03. The predicted octanol–water partition coefficient (Wildman–Crippen LogP) is 4.37. The summed E-state index contributed by atoms with van der Waals surface area (Å²) < 4.78 is 0. The van der Waals surface area contributed by atoms with Gasteiger partial charge in [-0.05, 0) is 50.2 Å². The predicted molar refractivity (Wildman–Crippen MR) is 106 cm³/mol. The Kier molecular flexibility index (Phi) is 5.86. The van der Waals surface area contributed by atoms with Crippen molar-refractivity contribution in [3.63, 3.8) is 0 Å². The van der Waals surface area contributed by atoms with Gasteiger partial charge in [0.2, 0.25) is 0 Å². The average molecular weight is 352 g/mol. The second-order valence-electron chi connectivity index (χ2n) is 6.93. The fraction of sp³-hybridized carbons (Fsp3) is 0.476. The van der Waals surface area contributed by atoms with Crippen LogP contribution in [-0.4, -0.2) is 28.5 Å². The van der Waals surface area contributed by atoms with E-state index in [4.69, 9.17) is 0 Å². The number of aryl methyl sites for hydroxylation is 2. The molecule has 0 radical (unpaired) electrons. The first-order valence-corrected chi connectivity index (χ1v) is 9.62. The van der Waals surface area contributed by atoms with E-state index in [1.165, 1.54) is 19.3 Å². The zero-order chi connectivity index (χ0) is 18.5. The number of nitrogens with zero attached hydrogens (tertiary/aromatic N) is 3. The highest BCUT2D eigenvalue weighted by atomic mass is 16.1. The molecule has 138 valence electrons. The molecule has 5 nitrogen and oxygen atoms in total. The van der Waals surface area contributed by atoms with E-state index in [1.54, 1.807) is 12.4 Å². The molecule has 1 amide bonds. The van der Waals surface area contributed by atoms with Gasteiger partial charge in [-0.25, -0.2) is 9.97 Å². The number of benzene rings is 1. The van der Waals surface area contributed by atoms with Crippen LogP contribution in [0, 0.1) is 6.92 Å². The Morgan fingerprint density at radius 1 is 1.23 bits per heavy atom. The van der Waals surface area contributed by atoms with Crippen molar-refractivity contribution in [1.82, 2.24) is 9.97 Å². The molecule has 1 aromatic carbocycles. The zero-order valence-electron chi connectivity index (χ0n) is 16.0. The summed E-state index contributed by atoms with van der Waals surface area (Å²) in [5.74, 6) is 0.664. The molecule has 1 aliphatic heterocycles. The van der Waals surface area contributed by atoms with E-state index < -0.39 is 0 Å². The van der Waals surface area contributed by atoms with Crippen LogP contribution in [0.4, 0.5) is 11.5 Å². The maximum absolute atomic E-state index is 12.6. The average Bonchev–Trinajstić information content (AvgIpc) is 2.69. The van der Waals surface area contributed by atoms with Gasteiger partial charge in [0.15, 0.2) is 0 Å². The molecule has 0 aliphatic carbocycles. The van der Waals surface area contributed by atoms with Gasteiger partial charge in [-0.15, -0.1) is 0 Å². The van der Waals surface area contributed by atoms with Crippen LogP contribution < -0.4 is 10.2 Å². The summed E-state index contributed by atoms with van der Waals surface area (Å²) in [6.45, 7) is 7.32. The van der Waals surface area contributed by atoms with Gasteiger partial charge in [0.25, 0.3) is 5.91 Å². The molecule has 5 heteroatoms. The Balaban J connectivity index is 1.75. The summed E-state index contributed by atoms with van der Waals surface area (Å²) in [6, 6.07) is 6.58. The van der Waals surface area contributed by atoms with Gasteiger partial charge in [-0.3, -0.25) is 4.79 Å². The summed E-state index contributed by atoms with van der Waals surface area (Å²) >= 11 is 0. The molecular weight excluding hydrogens is 324 g/mol. The van der Waals surface area contributed by atoms with Gasteiger partial charge in [0.1, 0.15) is 11.5 Å². The minimum atomic E-state index is -0.210. The van der Waals surface area contributed by atoms with Gasteiger partial charge in [0, 0.05) is 18.3 Å². The monoisotopic (exact) mass is 352 g/mol. The maximum atomic E-state index is 12.6. The third-order valence-electron chi connectivity index (χ3n) is 5.24. The molecule has 2 heterocycles. The number of carbonyl (C=O) groups is 1. The quantitative estimate of drug-likeness (QED) is 0.868. The van der Waals surface area contributed by atoms with Crippen molar-refractivity contribution in [3.8, 4) is 0 Å². The normalized spacial score (nSPS) is 17.2. The van der Waals surface area contributed by atoms with Gasteiger partial charge < -0.3 is 10.2 Å². The smallest absolute Gasteiger partial charge is 0.275 e. The van der Waals surface area contributed by atoms with E-state index in [9.17, 15) is 4.79 Å². The number of nitrogens with one attached hydrogen (secondary N) is 1. The van der Waals surface area contributed by atoms with E-state index in [1.807, 2.05) is 25.1 Å². The number of anilines is 2. The largest absolute Gasteiger partial charge is 0.352 e. The molecule has 1 aromatic heterocycles. The molecule has 1 fully saturated rings. The molecule has 0 bridgehead atoms. The van der Waals surface area contributed by atoms with Crippen molar-refractivity contribution < 1.29 is 4.79 Å². The van der Waals surface area contributed by atoms with Crippen molar-refractivity contribution in [2.24, 2.45) is 0 Å². The number of amides is 1. The van der Waals surface area contributed by atoms with Gasteiger partial charge in [0.05, 0.1) is 12.4 Å². The topological polar surface area (TPSA) is 58.1 Å². The van der Waals surface area contributed by atoms with Crippen molar-refractivity contribution in [1.29, 1.82) is 0 Å². The van der Waals surface area contributed by atoms with Crippen LogP contribution in [-0.2, 0) is 6.42 Å². The van der Waals surface area contributed by atoms with Crippen LogP contribution in [0.2, 0.25) is 0 Å². The molecule has 0 spiro atoms. The van der Waals surface area contributed by atoms with E-state index in [2.05, 4.69) is 34.0 Å². The molecule has 3 rings (SSSR count). The fourth-order valence-electron chi connectivity index (χ4n) is 3.69. The highest BCUT2D eigenvalue weighted by Gasteiger charge is 2.22. The molecule has 1 saturated heterocycles. The zero-order valence-corrected chi connectivity index (χ0v) is 16.0. The number of para-hydroxylation sites is 1. The van der Waals surface area contributed by atoms with Crippen LogP contribution >= 0.6 is 0 Å². The number of piperidine rings is 1. The van der Waals surface area contributed by atoms with Crippen LogP contribution in [0.1, 0.15) is 61.1 Å². The summed E-state index contributed by atoms with van der Waals surface area (Å²) in [7, 11) is 0. The molecule has 2 aromatic rings. The molecule has 1 unspecified atom stereocenters. The summed E-state index contributed by atoms with van der Waals surface area (Å²) in [4.78, 5) is 23.9. The lowest BCUT2D eigenvalue weighted by Gasteiger charge is -2.35. The number of aromatic nitrogens is 2. The first-order valence-electron chi connectivity index (χ1n) is 9.62. The third-order valence-corrected chi connectivity index (χ3v) is 5.24. The number of rotatable bonds is 5. The number of hydrogen-bond donors (Lipinski definition) is 1. The Morgan fingerprint density at radius 3 is 2.77 bits per heavy atom. The molecule has 26 heavy (non-hydrogen) atoms. The van der Waals surface area contributed by atoms with E-state index in [0.717, 1.165) is 42.0 Å². The Bertz CT molecular complexity index is 757. The minimum Gasteiger partial charge on any atom is -0.352 e. The van der Waals surface area contributed by atoms with Crippen LogP contribution in [0.15, 0.2) is 30.6 Å². The summed E-state index contributed by atoms with van der Waals surface area (Å²) in [6.07, 6.45) is 8.98. The first-order chi connectivity index (χ1) is 12.6. The highest BCUT2D eigenvalue weighted by Crippen LogP contribution is 2.25. The van der Waals surface area contributed by atoms with Crippen molar-refractivity contribution in [2.45, 2.75) is 58.9 Å². The third kappa shape index (κ3) is 3.87. The summed E-state index contributed by atoms with van der Waals surface area (Å²) in [5.41, 5.74) is 3.42. The lowest BCUT2D eigenvalue weighted by atomic mass is 10.0. The van der Waals surface area contributed by atoms with Gasteiger partial charge >= 0.3 is 0 Å². The number of hydrogen-bond acceptors (Lipinski definition) is 4. The van der Waals surface area contributed by atoms with Crippen LogP contribution in [0.3, 0.4) is 0 Å². The molecule has 1 aliphatic rings.